The van der Waals surface area contributed by atoms with Gasteiger partial charge in [-0.25, -0.2) is 0 Å². The molecule has 0 spiro atoms. The second kappa shape index (κ2) is 10.7. The minimum absolute atomic E-state index is 0.110. The quantitative estimate of drug-likeness (QED) is 0.314. The number of aliphatic hydroxyl groups is 1. The fourth-order valence-electron chi connectivity index (χ4n) is 2.76. The Kier molecular flexibility index (Phi) is 8.69. The van der Waals surface area contributed by atoms with Gasteiger partial charge in [0.25, 0.3) is 0 Å². The molecule has 32 heavy (non-hydrogen) atoms. The number of nitrogens with zero attached hydrogens (tertiary/aromatic N) is 1. The number of anilines is 1. The summed E-state index contributed by atoms with van der Waals surface area (Å²) in [5.74, 6) is -0.561. The average molecular weight is 485 g/mol. The molecule has 0 aliphatic rings. The lowest BCUT2D eigenvalue weighted by molar-refractivity contribution is -0.253. The molecule has 0 fully saturated rings. The Balaban J connectivity index is 2.37. The van der Waals surface area contributed by atoms with E-state index in [1.807, 2.05) is 13.8 Å². The zero-order chi connectivity index (χ0) is 24.1. The third-order valence-electron chi connectivity index (χ3n) is 4.12. The summed E-state index contributed by atoms with van der Waals surface area (Å²) in [5.41, 5.74) is 0.630. The maximum Gasteiger partial charge on any atom is 0.461 e. The van der Waals surface area contributed by atoms with Crippen molar-refractivity contribution in [2.75, 3.05) is 11.4 Å². The van der Waals surface area contributed by atoms with Crippen LogP contribution in [0.25, 0.3) is 0 Å². The van der Waals surface area contributed by atoms with Crippen molar-refractivity contribution in [1.29, 1.82) is 0 Å². The molecule has 178 valence electrons. The first-order valence-corrected chi connectivity index (χ1v) is 10.4. The van der Waals surface area contributed by atoms with Gasteiger partial charge < -0.3 is 14.7 Å². The molecule has 1 unspecified atom stereocenters. The van der Waals surface area contributed by atoms with Crippen molar-refractivity contribution in [2.24, 2.45) is 0 Å². The first-order chi connectivity index (χ1) is 14.8. The SMILES string of the molecule is CC(C)Sc1ccccc1N(Cc1cccc(OC(F)(F)C(F)F)c1)CC(O)C(F)(F)F. The van der Waals surface area contributed by atoms with Gasteiger partial charge in [0, 0.05) is 16.7 Å². The van der Waals surface area contributed by atoms with Crippen LogP contribution in [-0.2, 0) is 6.54 Å². The van der Waals surface area contributed by atoms with Crippen LogP contribution in [0.4, 0.5) is 36.4 Å². The number of alkyl halides is 7. The Bertz CT molecular complexity index is 877. The number of hydrogen-bond donors (Lipinski definition) is 1. The monoisotopic (exact) mass is 485 g/mol. The molecule has 0 amide bonds. The van der Waals surface area contributed by atoms with Crippen LogP contribution in [0.5, 0.6) is 5.75 Å². The molecule has 3 nitrogen and oxygen atoms in total. The van der Waals surface area contributed by atoms with E-state index in [4.69, 9.17) is 0 Å². The van der Waals surface area contributed by atoms with E-state index in [1.54, 1.807) is 24.3 Å². The molecule has 0 radical (unpaired) electrons. The van der Waals surface area contributed by atoms with E-state index in [2.05, 4.69) is 4.74 Å². The number of rotatable bonds is 10. The van der Waals surface area contributed by atoms with Crippen LogP contribution in [0.1, 0.15) is 19.4 Å². The minimum Gasteiger partial charge on any atom is -0.428 e. The van der Waals surface area contributed by atoms with Gasteiger partial charge in [0.2, 0.25) is 0 Å². The highest BCUT2D eigenvalue weighted by Gasteiger charge is 2.44. The molecular formula is C21H22F7NO2S. The van der Waals surface area contributed by atoms with E-state index in [-0.39, 0.29) is 17.4 Å². The standard InChI is InChI=1S/C21H22F7NO2S/c1-13(2)32-17-9-4-3-8-16(17)29(12-18(30)20(24,25)26)11-14-6-5-7-15(10-14)31-21(27,28)19(22)23/h3-10,13,18-19,30H,11-12H2,1-2H3. The highest BCUT2D eigenvalue weighted by molar-refractivity contribution is 8.00. The summed E-state index contributed by atoms with van der Waals surface area (Å²) in [4.78, 5) is 1.92. The average Bonchev–Trinajstić information content (AvgIpc) is 2.66. The van der Waals surface area contributed by atoms with Gasteiger partial charge in [0.1, 0.15) is 5.75 Å². The molecule has 0 heterocycles. The molecule has 0 bridgehead atoms. The van der Waals surface area contributed by atoms with Gasteiger partial charge in [-0.1, -0.05) is 38.1 Å². The van der Waals surface area contributed by atoms with Crippen molar-refractivity contribution in [3.8, 4) is 5.75 Å². The van der Waals surface area contributed by atoms with E-state index < -0.39 is 37.1 Å². The van der Waals surface area contributed by atoms with Gasteiger partial charge in [-0.15, -0.1) is 11.8 Å². The fraction of sp³-hybridized carbons (Fsp3) is 0.429. The normalized spacial score (nSPS) is 13.5. The van der Waals surface area contributed by atoms with Crippen molar-refractivity contribution in [1.82, 2.24) is 0 Å². The number of benzene rings is 2. The minimum atomic E-state index is -4.87. The molecule has 11 heteroatoms. The third kappa shape index (κ3) is 7.47. The Morgan fingerprint density at radius 3 is 2.25 bits per heavy atom. The van der Waals surface area contributed by atoms with Gasteiger partial charge in [-0.05, 0) is 29.8 Å². The van der Waals surface area contributed by atoms with Crippen LogP contribution >= 0.6 is 11.8 Å². The number of hydrogen-bond acceptors (Lipinski definition) is 4. The van der Waals surface area contributed by atoms with Crippen molar-refractivity contribution in [3.63, 3.8) is 0 Å². The van der Waals surface area contributed by atoms with Crippen molar-refractivity contribution >= 4 is 17.4 Å². The molecule has 2 aromatic carbocycles. The molecule has 0 aromatic heterocycles. The predicted molar refractivity (Wildman–Crippen MR) is 109 cm³/mol. The van der Waals surface area contributed by atoms with Crippen molar-refractivity contribution in [3.05, 3.63) is 54.1 Å². The van der Waals surface area contributed by atoms with Crippen LogP contribution in [0.2, 0.25) is 0 Å². The van der Waals surface area contributed by atoms with E-state index >= 15 is 0 Å². The van der Waals surface area contributed by atoms with Crippen molar-refractivity contribution in [2.45, 2.75) is 55.4 Å². The predicted octanol–water partition coefficient (Wildman–Crippen LogP) is 6.35. The summed E-state index contributed by atoms with van der Waals surface area (Å²) < 4.78 is 94.5. The maximum atomic E-state index is 13.2. The fourth-order valence-corrected chi connectivity index (χ4v) is 3.74. The second-order valence-corrected chi connectivity index (χ2v) is 8.80. The summed E-state index contributed by atoms with van der Waals surface area (Å²) in [7, 11) is 0. The van der Waals surface area contributed by atoms with Crippen LogP contribution in [0.3, 0.4) is 0 Å². The number of halogens is 7. The molecular weight excluding hydrogens is 463 g/mol. The Labute approximate surface area is 185 Å². The molecule has 0 aliphatic heterocycles. The molecule has 2 aromatic rings. The lowest BCUT2D eigenvalue weighted by Gasteiger charge is -2.30. The summed E-state index contributed by atoms with van der Waals surface area (Å²) in [6.07, 6.45) is -16.3. The van der Waals surface area contributed by atoms with Gasteiger partial charge in [0.05, 0.1) is 12.2 Å². The van der Waals surface area contributed by atoms with E-state index in [1.165, 1.54) is 28.8 Å². The summed E-state index contributed by atoms with van der Waals surface area (Å²) in [5, 5.41) is 9.77. The topological polar surface area (TPSA) is 32.7 Å². The molecule has 1 atom stereocenters. The van der Waals surface area contributed by atoms with Gasteiger partial charge in [-0.3, -0.25) is 0 Å². The van der Waals surface area contributed by atoms with Gasteiger partial charge in [-0.2, -0.15) is 30.7 Å². The highest BCUT2D eigenvalue weighted by Crippen LogP contribution is 2.35. The Morgan fingerprint density at radius 1 is 1.00 bits per heavy atom. The van der Waals surface area contributed by atoms with Crippen LogP contribution in [0.15, 0.2) is 53.4 Å². The lowest BCUT2D eigenvalue weighted by atomic mass is 10.1. The molecule has 1 N–H and O–H groups in total. The van der Waals surface area contributed by atoms with Crippen LogP contribution in [-0.4, -0.2) is 41.7 Å². The first-order valence-electron chi connectivity index (χ1n) is 9.49. The number of aliphatic hydroxyl groups excluding tert-OH is 1. The van der Waals surface area contributed by atoms with Crippen LogP contribution in [0, 0.1) is 0 Å². The van der Waals surface area contributed by atoms with Crippen LogP contribution < -0.4 is 9.64 Å². The molecule has 0 aliphatic carbocycles. The van der Waals surface area contributed by atoms with Crippen molar-refractivity contribution < 1.29 is 40.6 Å². The lowest BCUT2D eigenvalue weighted by Crippen LogP contribution is -2.41. The molecule has 0 saturated carbocycles. The number of ether oxygens (including phenoxy) is 1. The van der Waals surface area contributed by atoms with Gasteiger partial charge >= 0.3 is 18.7 Å². The Morgan fingerprint density at radius 2 is 1.66 bits per heavy atom. The largest absolute Gasteiger partial charge is 0.461 e. The second-order valence-electron chi connectivity index (χ2n) is 7.18. The maximum absolute atomic E-state index is 13.2. The number of thioether (sulfide) groups is 1. The summed E-state index contributed by atoms with van der Waals surface area (Å²) >= 11 is 1.40. The zero-order valence-corrected chi connectivity index (χ0v) is 17.9. The zero-order valence-electron chi connectivity index (χ0n) is 17.1. The van der Waals surface area contributed by atoms with E-state index in [9.17, 15) is 35.8 Å². The van der Waals surface area contributed by atoms with E-state index in [0.29, 0.717) is 10.6 Å². The number of para-hydroxylation sites is 1. The Hall–Kier alpha value is -2.14. The highest BCUT2D eigenvalue weighted by atomic mass is 32.2. The first kappa shape index (κ1) is 26.1. The molecule has 0 saturated heterocycles. The third-order valence-corrected chi connectivity index (χ3v) is 5.19. The smallest absolute Gasteiger partial charge is 0.428 e. The summed E-state index contributed by atoms with van der Waals surface area (Å²) in [6.45, 7) is 2.76. The molecule has 2 rings (SSSR count). The van der Waals surface area contributed by atoms with Gasteiger partial charge in [0.15, 0.2) is 6.10 Å². The van der Waals surface area contributed by atoms with E-state index in [0.717, 1.165) is 12.1 Å². The summed E-state index contributed by atoms with van der Waals surface area (Å²) in [6, 6.07) is 11.4.